The Bertz CT molecular complexity index is 191. The van der Waals surface area contributed by atoms with Gasteiger partial charge in [0, 0.05) is 6.42 Å². The van der Waals surface area contributed by atoms with E-state index in [4.69, 9.17) is 0 Å². The maximum atomic E-state index is 11.4. The highest BCUT2D eigenvalue weighted by molar-refractivity contribution is 5.96. The van der Waals surface area contributed by atoms with Gasteiger partial charge in [-0.25, -0.2) is 0 Å². The zero-order valence-corrected chi connectivity index (χ0v) is 8.10. The molecule has 0 N–H and O–H groups in total. The maximum absolute atomic E-state index is 11.4. The molecule has 0 bridgehead atoms. The SMILES string of the molecule is CCCC(C)C1=CCCCC1=O. The Balaban J connectivity index is 2.58. The summed E-state index contributed by atoms with van der Waals surface area (Å²) in [5, 5.41) is 0. The lowest BCUT2D eigenvalue weighted by molar-refractivity contribution is -0.116. The average Bonchev–Trinajstić information content (AvgIpc) is 2.05. The van der Waals surface area contributed by atoms with E-state index in [-0.39, 0.29) is 0 Å². The molecule has 1 atom stereocenters. The van der Waals surface area contributed by atoms with E-state index < -0.39 is 0 Å². The summed E-state index contributed by atoms with van der Waals surface area (Å²) in [6, 6.07) is 0. The molecular formula is C11H18O. The van der Waals surface area contributed by atoms with Crippen LogP contribution in [0.25, 0.3) is 0 Å². The summed E-state index contributed by atoms with van der Waals surface area (Å²) >= 11 is 0. The minimum atomic E-state index is 0.391. The van der Waals surface area contributed by atoms with E-state index in [1.807, 2.05) is 0 Å². The van der Waals surface area contributed by atoms with E-state index >= 15 is 0 Å². The van der Waals surface area contributed by atoms with Gasteiger partial charge in [-0.2, -0.15) is 0 Å². The van der Waals surface area contributed by atoms with E-state index in [1.54, 1.807) is 0 Å². The molecule has 0 fully saturated rings. The number of hydrogen-bond donors (Lipinski definition) is 0. The Morgan fingerprint density at radius 3 is 2.92 bits per heavy atom. The quantitative estimate of drug-likeness (QED) is 0.629. The van der Waals surface area contributed by atoms with Crippen LogP contribution in [0.5, 0.6) is 0 Å². The molecule has 0 aromatic carbocycles. The predicted molar refractivity (Wildman–Crippen MR) is 51.0 cm³/mol. The van der Waals surface area contributed by atoms with Crippen molar-refractivity contribution in [2.45, 2.75) is 46.0 Å². The Hall–Kier alpha value is -0.590. The molecule has 1 nitrogen and oxygen atoms in total. The molecule has 0 saturated heterocycles. The summed E-state index contributed by atoms with van der Waals surface area (Å²) in [7, 11) is 0. The third-order valence-electron chi connectivity index (χ3n) is 2.55. The zero-order chi connectivity index (χ0) is 8.97. The van der Waals surface area contributed by atoms with Gasteiger partial charge >= 0.3 is 0 Å². The first kappa shape index (κ1) is 9.50. The fraction of sp³-hybridized carbons (Fsp3) is 0.727. The molecule has 0 aliphatic heterocycles. The summed E-state index contributed by atoms with van der Waals surface area (Å²) < 4.78 is 0. The minimum Gasteiger partial charge on any atom is -0.295 e. The zero-order valence-electron chi connectivity index (χ0n) is 8.10. The molecule has 12 heavy (non-hydrogen) atoms. The standard InChI is InChI=1S/C11H18O/c1-3-6-9(2)10-7-4-5-8-11(10)12/h7,9H,3-6,8H2,1-2H3. The van der Waals surface area contributed by atoms with Gasteiger partial charge in [0.2, 0.25) is 0 Å². The van der Waals surface area contributed by atoms with E-state index in [0.717, 1.165) is 31.3 Å². The van der Waals surface area contributed by atoms with Crippen molar-refractivity contribution < 1.29 is 4.79 Å². The third-order valence-corrected chi connectivity index (χ3v) is 2.55. The van der Waals surface area contributed by atoms with Gasteiger partial charge in [-0.15, -0.1) is 0 Å². The number of hydrogen-bond acceptors (Lipinski definition) is 1. The number of rotatable bonds is 3. The van der Waals surface area contributed by atoms with Crippen LogP contribution in [0, 0.1) is 5.92 Å². The Labute approximate surface area is 74.9 Å². The summed E-state index contributed by atoms with van der Waals surface area (Å²) in [6.45, 7) is 4.34. The highest BCUT2D eigenvalue weighted by atomic mass is 16.1. The lowest BCUT2D eigenvalue weighted by atomic mass is 9.87. The molecule has 1 rings (SSSR count). The highest BCUT2D eigenvalue weighted by Crippen LogP contribution is 2.23. The normalized spacial score (nSPS) is 20.5. The van der Waals surface area contributed by atoms with Crippen molar-refractivity contribution >= 4 is 5.78 Å². The summed E-state index contributed by atoms with van der Waals surface area (Å²) in [4.78, 5) is 11.4. The van der Waals surface area contributed by atoms with E-state index in [9.17, 15) is 4.79 Å². The molecule has 68 valence electrons. The highest BCUT2D eigenvalue weighted by Gasteiger charge is 2.18. The van der Waals surface area contributed by atoms with Gasteiger partial charge in [0.25, 0.3) is 0 Å². The topological polar surface area (TPSA) is 17.1 Å². The van der Waals surface area contributed by atoms with Crippen molar-refractivity contribution in [1.82, 2.24) is 0 Å². The molecule has 1 aliphatic carbocycles. The van der Waals surface area contributed by atoms with Crippen molar-refractivity contribution in [2.24, 2.45) is 5.92 Å². The molecule has 1 unspecified atom stereocenters. The number of carbonyl (C=O) groups is 1. The summed E-state index contributed by atoms with van der Waals surface area (Å²) in [6.07, 6.45) is 7.41. The van der Waals surface area contributed by atoms with Crippen molar-refractivity contribution in [1.29, 1.82) is 0 Å². The molecule has 1 heteroatoms. The summed E-state index contributed by atoms with van der Waals surface area (Å²) in [5.41, 5.74) is 1.10. The molecule has 1 aliphatic rings. The van der Waals surface area contributed by atoms with Crippen LogP contribution in [-0.4, -0.2) is 5.78 Å². The Kier molecular flexibility index (Phi) is 3.51. The van der Waals surface area contributed by atoms with Crippen molar-refractivity contribution in [2.75, 3.05) is 0 Å². The van der Waals surface area contributed by atoms with Crippen LogP contribution in [0.4, 0.5) is 0 Å². The number of Topliss-reactive ketones (excluding diaryl/α,β-unsaturated/α-hetero) is 1. The fourth-order valence-corrected chi connectivity index (χ4v) is 1.84. The number of carbonyl (C=O) groups excluding carboxylic acids is 1. The number of allylic oxidation sites excluding steroid dienone is 2. The van der Waals surface area contributed by atoms with Crippen LogP contribution in [0.3, 0.4) is 0 Å². The molecule has 0 aromatic heterocycles. The van der Waals surface area contributed by atoms with Gasteiger partial charge in [0.1, 0.15) is 0 Å². The third kappa shape index (κ3) is 2.20. The van der Waals surface area contributed by atoms with Crippen LogP contribution in [0.15, 0.2) is 11.6 Å². The van der Waals surface area contributed by atoms with E-state index in [2.05, 4.69) is 19.9 Å². The largest absolute Gasteiger partial charge is 0.295 e. The van der Waals surface area contributed by atoms with Crippen LogP contribution in [0.2, 0.25) is 0 Å². The first-order chi connectivity index (χ1) is 5.75. The monoisotopic (exact) mass is 166 g/mol. The van der Waals surface area contributed by atoms with Crippen molar-refractivity contribution in [3.05, 3.63) is 11.6 Å². The molecule has 0 aromatic rings. The molecule has 0 saturated carbocycles. The smallest absolute Gasteiger partial charge is 0.158 e. The van der Waals surface area contributed by atoms with Crippen LogP contribution >= 0.6 is 0 Å². The first-order valence-electron chi connectivity index (χ1n) is 4.99. The van der Waals surface area contributed by atoms with E-state index in [1.165, 1.54) is 6.42 Å². The second-order valence-corrected chi connectivity index (χ2v) is 3.66. The fourth-order valence-electron chi connectivity index (χ4n) is 1.84. The molecular weight excluding hydrogens is 148 g/mol. The maximum Gasteiger partial charge on any atom is 0.158 e. The molecule has 0 amide bonds. The van der Waals surface area contributed by atoms with Gasteiger partial charge < -0.3 is 0 Å². The predicted octanol–water partition coefficient (Wildman–Crippen LogP) is 3.10. The summed E-state index contributed by atoms with van der Waals surface area (Å²) in [5.74, 6) is 0.880. The van der Waals surface area contributed by atoms with Gasteiger partial charge in [0.15, 0.2) is 5.78 Å². The lowest BCUT2D eigenvalue weighted by Gasteiger charge is -2.17. The second kappa shape index (κ2) is 4.44. The molecule has 0 radical (unpaired) electrons. The van der Waals surface area contributed by atoms with Crippen LogP contribution < -0.4 is 0 Å². The van der Waals surface area contributed by atoms with E-state index in [0.29, 0.717) is 11.7 Å². The average molecular weight is 166 g/mol. The lowest BCUT2D eigenvalue weighted by Crippen LogP contribution is -2.13. The Morgan fingerprint density at radius 2 is 2.33 bits per heavy atom. The molecule has 0 heterocycles. The van der Waals surface area contributed by atoms with Crippen LogP contribution in [0.1, 0.15) is 46.0 Å². The van der Waals surface area contributed by atoms with Crippen LogP contribution in [-0.2, 0) is 4.79 Å². The van der Waals surface area contributed by atoms with Crippen molar-refractivity contribution in [3.63, 3.8) is 0 Å². The van der Waals surface area contributed by atoms with Gasteiger partial charge in [-0.1, -0.05) is 26.3 Å². The molecule has 0 spiro atoms. The van der Waals surface area contributed by atoms with Gasteiger partial charge in [0.05, 0.1) is 0 Å². The minimum absolute atomic E-state index is 0.391. The second-order valence-electron chi connectivity index (χ2n) is 3.66. The first-order valence-corrected chi connectivity index (χ1v) is 4.99. The van der Waals surface area contributed by atoms with Crippen molar-refractivity contribution in [3.8, 4) is 0 Å². The number of ketones is 1. The Morgan fingerprint density at radius 1 is 1.58 bits per heavy atom. The van der Waals surface area contributed by atoms with Gasteiger partial charge in [-0.3, -0.25) is 4.79 Å². The van der Waals surface area contributed by atoms with Gasteiger partial charge in [-0.05, 0) is 30.8 Å².